The number of nitrogens with one attached hydrogen (secondary N) is 2. The number of amides is 1. The van der Waals surface area contributed by atoms with Gasteiger partial charge in [0.15, 0.2) is 0 Å². The predicted octanol–water partition coefficient (Wildman–Crippen LogP) is 2.52. The highest BCUT2D eigenvalue weighted by Crippen LogP contribution is 2.30. The number of hydrogen-bond acceptors (Lipinski definition) is 2. The number of halogens is 1. The van der Waals surface area contributed by atoms with Crippen molar-refractivity contribution >= 4 is 17.3 Å². The molecule has 2 N–H and O–H groups in total. The van der Waals surface area contributed by atoms with Crippen LogP contribution >= 0.6 is 0 Å². The number of aryl methyl sites for hydroxylation is 1. The van der Waals surface area contributed by atoms with Gasteiger partial charge in [0, 0.05) is 0 Å². The molecule has 3 nitrogen and oxygen atoms in total. The van der Waals surface area contributed by atoms with Crippen LogP contribution in [0.5, 0.6) is 0 Å². The molecule has 0 radical (unpaired) electrons. The molecule has 1 aliphatic heterocycles. The standard InChI is InChI=1S/C12H15FN2O/c1-6(2)11-12(16)15-10-5-8(13)7(3)4-9(10)14-11/h4-6,11,14H,1-3H3,(H,15,16). The zero-order valence-corrected chi connectivity index (χ0v) is 9.60. The van der Waals surface area contributed by atoms with Gasteiger partial charge >= 0.3 is 0 Å². The first-order valence-corrected chi connectivity index (χ1v) is 5.36. The topological polar surface area (TPSA) is 41.1 Å². The van der Waals surface area contributed by atoms with Gasteiger partial charge in [-0.3, -0.25) is 4.79 Å². The van der Waals surface area contributed by atoms with E-state index in [0.717, 1.165) is 5.69 Å². The molecular weight excluding hydrogens is 207 g/mol. The van der Waals surface area contributed by atoms with Crippen molar-refractivity contribution < 1.29 is 9.18 Å². The van der Waals surface area contributed by atoms with Crippen LogP contribution in [0.1, 0.15) is 19.4 Å². The highest BCUT2D eigenvalue weighted by Gasteiger charge is 2.28. The maximum Gasteiger partial charge on any atom is 0.247 e. The molecule has 1 aliphatic rings. The third-order valence-electron chi connectivity index (χ3n) is 2.82. The first-order valence-electron chi connectivity index (χ1n) is 5.36. The Morgan fingerprint density at radius 2 is 2.00 bits per heavy atom. The summed E-state index contributed by atoms with van der Waals surface area (Å²) in [5.74, 6) is -0.215. The molecule has 0 spiro atoms. The van der Waals surface area contributed by atoms with Crippen molar-refractivity contribution in [3.8, 4) is 0 Å². The third-order valence-corrected chi connectivity index (χ3v) is 2.82. The minimum absolute atomic E-state index is 0.106. The van der Waals surface area contributed by atoms with Crippen LogP contribution in [0.3, 0.4) is 0 Å². The summed E-state index contributed by atoms with van der Waals surface area (Å²) in [6.45, 7) is 5.65. The van der Waals surface area contributed by atoms with E-state index in [0.29, 0.717) is 11.3 Å². The fourth-order valence-corrected chi connectivity index (χ4v) is 1.82. The van der Waals surface area contributed by atoms with Gasteiger partial charge in [-0.2, -0.15) is 0 Å². The highest BCUT2D eigenvalue weighted by molar-refractivity contribution is 6.03. The zero-order chi connectivity index (χ0) is 11.9. The van der Waals surface area contributed by atoms with E-state index >= 15 is 0 Å². The maximum atomic E-state index is 13.3. The first kappa shape index (κ1) is 10.9. The van der Waals surface area contributed by atoms with E-state index in [1.165, 1.54) is 6.07 Å². The number of anilines is 2. The molecule has 1 aromatic rings. The lowest BCUT2D eigenvalue weighted by Crippen LogP contribution is -2.42. The minimum atomic E-state index is -0.302. The molecule has 0 aromatic heterocycles. The molecule has 4 heteroatoms. The Bertz CT molecular complexity index is 443. The normalized spacial score (nSPS) is 19.1. The van der Waals surface area contributed by atoms with Gasteiger partial charge in [0.25, 0.3) is 0 Å². The Balaban J connectivity index is 2.39. The SMILES string of the molecule is Cc1cc2c(cc1F)NC(=O)C(C(C)C)N2. The first-order chi connectivity index (χ1) is 7.49. The van der Waals surface area contributed by atoms with Crippen LogP contribution in [-0.4, -0.2) is 11.9 Å². The van der Waals surface area contributed by atoms with E-state index in [1.54, 1.807) is 13.0 Å². The van der Waals surface area contributed by atoms with E-state index in [-0.39, 0.29) is 23.7 Å². The quantitative estimate of drug-likeness (QED) is 0.766. The predicted molar refractivity (Wildman–Crippen MR) is 62.0 cm³/mol. The summed E-state index contributed by atoms with van der Waals surface area (Å²) in [7, 11) is 0. The van der Waals surface area contributed by atoms with Crippen LogP contribution in [0, 0.1) is 18.7 Å². The van der Waals surface area contributed by atoms with Crippen molar-refractivity contribution in [1.29, 1.82) is 0 Å². The third kappa shape index (κ3) is 1.75. The van der Waals surface area contributed by atoms with E-state index in [1.807, 2.05) is 13.8 Å². The fourth-order valence-electron chi connectivity index (χ4n) is 1.82. The average Bonchev–Trinajstić information content (AvgIpc) is 2.19. The van der Waals surface area contributed by atoms with Crippen molar-refractivity contribution in [3.05, 3.63) is 23.5 Å². The van der Waals surface area contributed by atoms with Gasteiger partial charge in [0.1, 0.15) is 11.9 Å². The molecule has 0 saturated carbocycles. The summed E-state index contributed by atoms with van der Waals surface area (Å²) in [4.78, 5) is 11.7. The van der Waals surface area contributed by atoms with Crippen LogP contribution < -0.4 is 10.6 Å². The molecule has 0 fully saturated rings. The van der Waals surface area contributed by atoms with Crippen molar-refractivity contribution in [1.82, 2.24) is 0 Å². The summed E-state index contributed by atoms with van der Waals surface area (Å²) < 4.78 is 13.3. The van der Waals surface area contributed by atoms with Gasteiger partial charge in [0.05, 0.1) is 11.4 Å². The fraction of sp³-hybridized carbons (Fsp3) is 0.417. The van der Waals surface area contributed by atoms with Gasteiger partial charge in [-0.1, -0.05) is 13.8 Å². The second kappa shape index (κ2) is 3.77. The smallest absolute Gasteiger partial charge is 0.247 e. The van der Waals surface area contributed by atoms with Gasteiger partial charge in [0.2, 0.25) is 5.91 Å². The van der Waals surface area contributed by atoms with E-state index in [4.69, 9.17) is 0 Å². The second-order valence-corrected chi connectivity index (χ2v) is 4.50. The van der Waals surface area contributed by atoms with Gasteiger partial charge in [-0.25, -0.2) is 4.39 Å². The van der Waals surface area contributed by atoms with Gasteiger partial charge in [-0.15, -0.1) is 0 Å². The lowest BCUT2D eigenvalue weighted by Gasteiger charge is -2.29. The van der Waals surface area contributed by atoms with Crippen molar-refractivity contribution in [2.24, 2.45) is 5.92 Å². The molecule has 1 unspecified atom stereocenters. The number of carbonyl (C=O) groups excluding carboxylic acids is 1. The van der Waals surface area contributed by atoms with Crippen LogP contribution in [0.2, 0.25) is 0 Å². The van der Waals surface area contributed by atoms with Crippen LogP contribution in [0.4, 0.5) is 15.8 Å². The molecular formula is C12H15FN2O. The Morgan fingerprint density at radius 1 is 1.31 bits per heavy atom. The monoisotopic (exact) mass is 222 g/mol. The van der Waals surface area contributed by atoms with E-state index in [9.17, 15) is 9.18 Å². The van der Waals surface area contributed by atoms with Crippen LogP contribution in [0.25, 0.3) is 0 Å². The molecule has 0 bridgehead atoms. The Kier molecular flexibility index (Phi) is 2.58. The summed E-state index contributed by atoms with van der Waals surface area (Å²) in [5, 5.41) is 5.85. The van der Waals surface area contributed by atoms with Crippen molar-refractivity contribution in [2.75, 3.05) is 10.6 Å². The largest absolute Gasteiger partial charge is 0.372 e. The number of carbonyl (C=O) groups is 1. The number of rotatable bonds is 1. The lowest BCUT2D eigenvalue weighted by molar-refractivity contribution is -0.117. The average molecular weight is 222 g/mol. The van der Waals surface area contributed by atoms with Gasteiger partial charge < -0.3 is 10.6 Å². The summed E-state index contributed by atoms with van der Waals surface area (Å²) in [6, 6.07) is 2.82. The Labute approximate surface area is 94.0 Å². The molecule has 1 amide bonds. The maximum absolute atomic E-state index is 13.3. The number of benzene rings is 1. The molecule has 2 rings (SSSR count). The Morgan fingerprint density at radius 3 is 2.62 bits per heavy atom. The molecule has 86 valence electrons. The summed E-state index contributed by atoms with van der Waals surface area (Å²) >= 11 is 0. The highest BCUT2D eigenvalue weighted by atomic mass is 19.1. The lowest BCUT2D eigenvalue weighted by atomic mass is 10.00. The van der Waals surface area contributed by atoms with Crippen LogP contribution in [0.15, 0.2) is 12.1 Å². The molecule has 1 atom stereocenters. The minimum Gasteiger partial charge on any atom is -0.372 e. The van der Waals surface area contributed by atoms with E-state index < -0.39 is 0 Å². The number of hydrogen-bond donors (Lipinski definition) is 2. The van der Waals surface area contributed by atoms with Crippen molar-refractivity contribution in [3.63, 3.8) is 0 Å². The molecule has 1 aromatic carbocycles. The summed E-state index contributed by atoms with van der Waals surface area (Å²) in [6.07, 6.45) is 0. The second-order valence-electron chi connectivity index (χ2n) is 4.50. The molecule has 1 heterocycles. The zero-order valence-electron chi connectivity index (χ0n) is 9.60. The number of fused-ring (bicyclic) bond motifs is 1. The van der Waals surface area contributed by atoms with Crippen molar-refractivity contribution in [2.45, 2.75) is 26.8 Å². The summed E-state index contributed by atoms with van der Waals surface area (Å²) in [5.41, 5.74) is 1.88. The van der Waals surface area contributed by atoms with E-state index in [2.05, 4.69) is 10.6 Å². The van der Waals surface area contributed by atoms with Gasteiger partial charge in [-0.05, 0) is 30.5 Å². The molecule has 0 saturated heterocycles. The Hall–Kier alpha value is -1.58. The molecule has 0 aliphatic carbocycles. The van der Waals surface area contributed by atoms with Crippen LogP contribution in [-0.2, 0) is 4.79 Å². The molecule has 16 heavy (non-hydrogen) atoms.